The van der Waals surface area contributed by atoms with Crippen LogP contribution in [0.3, 0.4) is 0 Å². The largest absolute Gasteiger partial charge is 0.481 e. The van der Waals surface area contributed by atoms with Crippen molar-refractivity contribution < 1.29 is 19.4 Å². The van der Waals surface area contributed by atoms with E-state index in [1.165, 1.54) is 0 Å². The van der Waals surface area contributed by atoms with Gasteiger partial charge in [-0.05, 0) is 24.5 Å². The molecule has 0 radical (unpaired) electrons. The summed E-state index contributed by atoms with van der Waals surface area (Å²) >= 11 is 0. The van der Waals surface area contributed by atoms with Crippen LogP contribution in [0, 0.1) is 11.8 Å². The highest BCUT2D eigenvalue weighted by atomic mass is 16.5. The summed E-state index contributed by atoms with van der Waals surface area (Å²) in [6.45, 7) is 0. The highest BCUT2D eigenvalue weighted by Crippen LogP contribution is 2.44. The van der Waals surface area contributed by atoms with Crippen molar-refractivity contribution in [2.45, 2.75) is 25.0 Å². The third-order valence-electron chi connectivity index (χ3n) is 5.13. The molecule has 2 saturated heterocycles. The first-order chi connectivity index (χ1) is 12.1. The van der Waals surface area contributed by atoms with Crippen LogP contribution in [0.5, 0.6) is 0 Å². The van der Waals surface area contributed by atoms with Crippen molar-refractivity contribution in [1.82, 2.24) is 0 Å². The van der Waals surface area contributed by atoms with Crippen molar-refractivity contribution in [2.75, 3.05) is 5.32 Å². The molecule has 2 fully saturated rings. The monoisotopic (exact) mass is 337 g/mol. The van der Waals surface area contributed by atoms with Gasteiger partial charge in [-0.3, -0.25) is 9.59 Å². The lowest BCUT2D eigenvalue weighted by Gasteiger charge is -2.24. The number of nitrogens with one attached hydrogen (secondary N) is 1. The predicted molar refractivity (Wildman–Crippen MR) is 93.0 cm³/mol. The van der Waals surface area contributed by atoms with Crippen molar-refractivity contribution in [3.8, 4) is 11.1 Å². The third-order valence-corrected chi connectivity index (χ3v) is 5.13. The molecule has 2 aromatic carbocycles. The van der Waals surface area contributed by atoms with E-state index >= 15 is 0 Å². The van der Waals surface area contributed by atoms with Gasteiger partial charge in [0.25, 0.3) is 0 Å². The van der Waals surface area contributed by atoms with Crippen LogP contribution in [0.2, 0.25) is 0 Å². The Kier molecular flexibility index (Phi) is 4.01. The van der Waals surface area contributed by atoms with Gasteiger partial charge in [0.1, 0.15) is 0 Å². The van der Waals surface area contributed by atoms with Crippen LogP contribution in [0.4, 0.5) is 5.69 Å². The van der Waals surface area contributed by atoms with Gasteiger partial charge in [0.2, 0.25) is 5.91 Å². The molecule has 5 nitrogen and oxygen atoms in total. The van der Waals surface area contributed by atoms with Crippen LogP contribution in [0.1, 0.15) is 12.8 Å². The molecule has 2 N–H and O–H groups in total. The van der Waals surface area contributed by atoms with Gasteiger partial charge in [-0.15, -0.1) is 0 Å². The standard InChI is InChI=1S/C20H19NO4/c22-19(17-15-10-11-16(25-15)18(17)20(23)24)21-14-9-5-4-8-13(14)12-6-2-1-3-7-12/h1-9,15-18H,10-11H2,(H,21,22)(H,23,24)/t15-,16-,17-,18-/m1/s1. The Bertz CT molecular complexity index is 804. The fourth-order valence-electron chi connectivity index (χ4n) is 4.00. The van der Waals surface area contributed by atoms with Crippen LogP contribution < -0.4 is 5.32 Å². The van der Waals surface area contributed by atoms with Gasteiger partial charge in [-0.25, -0.2) is 0 Å². The summed E-state index contributed by atoms with van der Waals surface area (Å²) < 4.78 is 5.69. The zero-order valence-electron chi connectivity index (χ0n) is 13.6. The summed E-state index contributed by atoms with van der Waals surface area (Å²) in [5.74, 6) is -2.63. The number of ether oxygens (including phenoxy) is 1. The highest BCUT2D eigenvalue weighted by Gasteiger charge is 2.55. The molecule has 2 aliphatic rings. The zero-order valence-corrected chi connectivity index (χ0v) is 13.6. The highest BCUT2D eigenvalue weighted by molar-refractivity contribution is 5.99. The van der Waals surface area contributed by atoms with Gasteiger partial charge in [0.05, 0.1) is 24.0 Å². The first-order valence-corrected chi connectivity index (χ1v) is 8.49. The first-order valence-electron chi connectivity index (χ1n) is 8.49. The van der Waals surface area contributed by atoms with Gasteiger partial charge in [0, 0.05) is 11.3 Å². The summed E-state index contributed by atoms with van der Waals surface area (Å²) in [4.78, 5) is 24.4. The normalized spacial score (nSPS) is 27.2. The van der Waals surface area contributed by atoms with Crippen molar-refractivity contribution in [3.05, 3.63) is 54.6 Å². The molecule has 128 valence electrons. The fraction of sp³-hybridized carbons (Fsp3) is 0.300. The number of hydrogen-bond donors (Lipinski definition) is 2. The summed E-state index contributed by atoms with van der Waals surface area (Å²) in [7, 11) is 0. The number of carbonyl (C=O) groups excluding carboxylic acids is 1. The second-order valence-electron chi connectivity index (χ2n) is 6.58. The summed E-state index contributed by atoms with van der Waals surface area (Å²) in [6.07, 6.45) is 0.816. The Morgan fingerprint density at radius 3 is 2.28 bits per heavy atom. The molecule has 25 heavy (non-hydrogen) atoms. The van der Waals surface area contributed by atoms with Crippen molar-refractivity contribution in [1.29, 1.82) is 0 Å². The van der Waals surface area contributed by atoms with Crippen molar-refractivity contribution in [2.24, 2.45) is 11.8 Å². The van der Waals surface area contributed by atoms with E-state index in [0.717, 1.165) is 17.5 Å². The van der Waals surface area contributed by atoms with E-state index in [2.05, 4.69) is 5.32 Å². The molecule has 0 saturated carbocycles. The maximum Gasteiger partial charge on any atom is 0.310 e. The number of fused-ring (bicyclic) bond motifs is 2. The Morgan fingerprint density at radius 2 is 1.56 bits per heavy atom. The minimum Gasteiger partial charge on any atom is -0.481 e. The number of hydrogen-bond acceptors (Lipinski definition) is 3. The number of carboxylic acids is 1. The second kappa shape index (κ2) is 6.33. The van der Waals surface area contributed by atoms with Crippen LogP contribution >= 0.6 is 0 Å². The van der Waals surface area contributed by atoms with Gasteiger partial charge in [-0.2, -0.15) is 0 Å². The minimum absolute atomic E-state index is 0.275. The summed E-state index contributed by atoms with van der Waals surface area (Å²) in [5.41, 5.74) is 2.59. The molecular weight excluding hydrogens is 318 g/mol. The van der Waals surface area contributed by atoms with E-state index in [1.54, 1.807) is 0 Å². The van der Waals surface area contributed by atoms with Crippen LogP contribution in [0.25, 0.3) is 11.1 Å². The van der Waals surface area contributed by atoms with E-state index < -0.39 is 17.8 Å². The lowest BCUT2D eigenvalue weighted by Crippen LogP contribution is -2.41. The van der Waals surface area contributed by atoms with Crippen LogP contribution in [0.15, 0.2) is 54.6 Å². The number of carboxylic acid groups (broad SMARTS) is 1. The number of aliphatic carboxylic acids is 1. The van der Waals surface area contributed by atoms with Crippen LogP contribution in [-0.4, -0.2) is 29.2 Å². The Morgan fingerprint density at radius 1 is 0.920 bits per heavy atom. The Hall–Kier alpha value is -2.66. The lowest BCUT2D eigenvalue weighted by atomic mass is 9.78. The summed E-state index contributed by atoms with van der Waals surface area (Å²) in [5, 5.41) is 12.4. The molecule has 2 aromatic rings. The van der Waals surface area contributed by atoms with E-state index in [9.17, 15) is 14.7 Å². The molecule has 0 aliphatic carbocycles. The zero-order chi connectivity index (χ0) is 17.4. The van der Waals surface area contributed by atoms with Crippen LogP contribution in [-0.2, 0) is 14.3 Å². The second-order valence-corrected chi connectivity index (χ2v) is 6.58. The lowest BCUT2D eigenvalue weighted by molar-refractivity contribution is -0.147. The van der Waals surface area contributed by atoms with E-state index in [-0.39, 0.29) is 18.1 Å². The predicted octanol–water partition coefficient (Wildman–Crippen LogP) is 3.17. The Balaban J connectivity index is 1.61. The molecule has 1 amide bonds. The number of para-hydroxylation sites is 1. The molecule has 2 bridgehead atoms. The number of benzene rings is 2. The summed E-state index contributed by atoms with van der Waals surface area (Å²) in [6, 6.07) is 17.3. The van der Waals surface area contributed by atoms with Gasteiger partial charge >= 0.3 is 5.97 Å². The molecule has 2 aliphatic heterocycles. The number of rotatable bonds is 4. The van der Waals surface area contributed by atoms with Gasteiger partial charge in [0.15, 0.2) is 0 Å². The average molecular weight is 337 g/mol. The topological polar surface area (TPSA) is 75.6 Å². The van der Waals surface area contributed by atoms with Gasteiger partial charge < -0.3 is 15.2 Å². The van der Waals surface area contributed by atoms with Crippen molar-refractivity contribution in [3.63, 3.8) is 0 Å². The quantitative estimate of drug-likeness (QED) is 0.898. The third kappa shape index (κ3) is 2.81. The molecular formula is C20H19NO4. The average Bonchev–Trinajstić information content (AvgIpc) is 3.24. The van der Waals surface area contributed by atoms with E-state index in [1.807, 2.05) is 54.6 Å². The van der Waals surface area contributed by atoms with Gasteiger partial charge in [-0.1, -0.05) is 48.5 Å². The maximum absolute atomic E-state index is 12.8. The number of amides is 1. The SMILES string of the molecule is O=C(O)[C@H]1[C@H](C(=O)Nc2ccccc2-c2ccccc2)[C@H]2CC[C@H]1O2. The Labute approximate surface area is 145 Å². The molecule has 4 atom stereocenters. The fourth-order valence-corrected chi connectivity index (χ4v) is 4.00. The molecule has 4 rings (SSSR count). The maximum atomic E-state index is 12.8. The van der Waals surface area contributed by atoms with Crippen molar-refractivity contribution >= 4 is 17.6 Å². The smallest absolute Gasteiger partial charge is 0.310 e. The molecule has 0 aromatic heterocycles. The van der Waals surface area contributed by atoms with E-state index in [4.69, 9.17) is 4.74 Å². The molecule has 0 unspecified atom stereocenters. The number of carbonyl (C=O) groups is 2. The molecule has 2 heterocycles. The molecule has 0 spiro atoms. The molecule has 5 heteroatoms. The minimum atomic E-state index is -0.955. The number of anilines is 1. The first kappa shape index (κ1) is 15.8. The van der Waals surface area contributed by atoms with E-state index in [0.29, 0.717) is 12.1 Å².